The summed E-state index contributed by atoms with van der Waals surface area (Å²) in [6, 6.07) is 112. The van der Waals surface area contributed by atoms with Gasteiger partial charge in [-0.15, -0.1) is 0 Å². The molecule has 2 heteroatoms. The number of rotatable bonds is 8. The predicted molar refractivity (Wildman–Crippen MR) is 331 cm³/mol. The van der Waals surface area contributed by atoms with Gasteiger partial charge in [0.2, 0.25) is 0 Å². The van der Waals surface area contributed by atoms with E-state index in [1.807, 2.05) is 0 Å². The van der Waals surface area contributed by atoms with E-state index >= 15 is 0 Å². The van der Waals surface area contributed by atoms with Gasteiger partial charge in [0.05, 0.1) is 33.5 Å². The smallest absolute Gasteiger partial charge is 0.0754 e. The molecule has 2 aliphatic rings. The van der Waals surface area contributed by atoms with Gasteiger partial charge in [-0.25, -0.2) is 0 Å². The van der Waals surface area contributed by atoms with E-state index in [1.165, 1.54) is 111 Å². The molecule has 14 aromatic rings. The van der Waals surface area contributed by atoms with Crippen LogP contribution in [0.4, 0.5) is 17.1 Å². The molecular formula is C77H50N2. The number of benzene rings is 13. The zero-order valence-corrected chi connectivity index (χ0v) is 43.3. The maximum atomic E-state index is 2.52. The van der Waals surface area contributed by atoms with Crippen molar-refractivity contribution in [2.75, 3.05) is 4.90 Å². The third-order valence-electron chi connectivity index (χ3n) is 17.0. The van der Waals surface area contributed by atoms with E-state index in [1.54, 1.807) is 0 Å². The van der Waals surface area contributed by atoms with Gasteiger partial charge in [-0.05, 0) is 137 Å². The Bertz CT molecular complexity index is 4720. The van der Waals surface area contributed by atoms with Crippen molar-refractivity contribution in [1.29, 1.82) is 0 Å². The van der Waals surface area contributed by atoms with Crippen LogP contribution in [0.15, 0.2) is 303 Å². The summed E-state index contributed by atoms with van der Waals surface area (Å²) in [6.45, 7) is 0. The second kappa shape index (κ2) is 17.9. The van der Waals surface area contributed by atoms with Gasteiger partial charge in [-0.2, -0.15) is 0 Å². The molecule has 1 aromatic heterocycles. The third-order valence-corrected chi connectivity index (χ3v) is 17.0. The fourth-order valence-corrected chi connectivity index (χ4v) is 13.6. The summed E-state index contributed by atoms with van der Waals surface area (Å²) >= 11 is 0. The van der Waals surface area contributed by atoms with Gasteiger partial charge in [0.15, 0.2) is 0 Å². The number of para-hydroxylation sites is 5. The van der Waals surface area contributed by atoms with E-state index in [9.17, 15) is 0 Å². The Labute approximate surface area is 460 Å². The highest BCUT2D eigenvalue weighted by Gasteiger charge is 2.51. The minimum absolute atomic E-state index is 0.518. The molecule has 1 unspecified atom stereocenters. The van der Waals surface area contributed by atoms with Crippen molar-refractivity contribution >= 4 is 49.6 Å². The monoisotopic (exact) mass is 1000 g/mol. The first-order chi connectivity index (χ1) is 39.2. The standard InChI is InChI=1S/C77H50N2/c1-3-20-51(21-4-1)52-38-40-54(41-39-52)61-25-10-15-34-72(61)78(73-35-16-11-28-65(73)62-26-8-7-24-60(62)53-22-5-2-6-23-53)59-46-44-56-48-55(42-43-57(56)49-59)58-45-47-64-63-27-9-13-31-68(63)77(71(64)50-58)69-32-14-18-37-75(69)79-74-36-17-12-29-66(74)67-30-19-33-70(77)76(67)79/h1-50H. The van der Waals surface area contributed by atoms with Crippen LogP contribution in [0.5, 0.6) is 0 Å². The van der Waals surface area contributed by atoms with Crippen molar-refractivity contribution in [3.63, 3.8) is 0 Å². The molecule has 0 radical (unpaired) electrons. The minimum atomic E-state index is -0.518. The van der Waals surface area contributed by atoms with Crippen molar-refractivity contribution in [3.05, 3.63) is 326 Å². The van der Waals surface area contributed by atoms with Crippen molar-refractivity contribution in [2.45, 2.75) is 5.41 Å². The fraction of sp³-hybridized carbons (Fsp3) is 0.0130. The molecule has 1 aliphatic carbocycles. The highest BCUT2D eigenvalue weighted by molar-refractivity contribution is 6.13. The summed E-state index contributed by atoms with van der Waals surface area (Å²) in [4.78, 5) is 2.48. The van der Waals surface area contributed by atoms with E-state index < -0.39 is 5.41 Å². The van der Waals surface area contributed by atoms with E-state index in [-0.39, 0.29) is 0 Å². The topological polar surface area (TPSA) is 8.17 Å². The molecule has 13 aromatic carbocycles. The van der Waals surface area contributed by atoms with Crippen molar-refractivity contribution in [1.82, 2.24) is 4.57 Å². The van der Waals surface area contributed by atoms with Crippen LogP contribution in [-0.4, -0.2) is 4.57 Å². The van der Waals surface area contributed by atoms with Gasteiger partial charge in [0, 0.05) is 27.6 Å². The third kappa shape index (κ3) is 6.84. The summed E-state index contributed by atoms with van der Waals surface area (Å²) in [5.41, 5.74) is 26.2. The predicted octanol–water partition coefficient (Wildman–Crippen LogP) is 20.4. The molecule has 0 saturated heterocycles. The molecule has 2 nitrogen and oxygen atoms in total. The lowest BCUT2D eigenvalue weighted by Crippen LogP contribution is -2.33. The molecule has 0 amide bonds. The maximum Gasteiger partial charge on any atom is 0.0754 e. The summed E-state index contributed by atoms with van der Waals surface area (Å²) in [5.74, 6) is 0. The molecule has 16 rings (SSSR count). The number of nitrogens with zero attached hydrogens (tertiary/aromatic N) is 2. The Hall–Kier alpha value is -10.3. The van der Waals surface area contributed by atoms with Crippen LogP contribution in [-0.2, 0) is 5.41 Å². The lowest BCUT2D eigenvalue weighted by Gasteiger charge is -2.39. The summed E-state index contributed by atoms with van der Waals surface area (Å²) in [6.07, 6.45) is 0. The molecule has 79 heavy (non-hydrogen) atoms. The number of hydrogen-bond acceptors (Lipinski definition) is 1. The average Bonchev–Trinajstić information content (AvgIpc) is 3.83. The quantitative estimate of drug-likeness (QED) is 0.147. The molecule has 0 bridgehead atoms. The highest BCUT2D eigenvalue weighted by atomic mass is 15.1. The average molecular weight is 1000 g/mol. The Morgan fingerprint density at radius 1 is 0.266 bits per heavy atom. The second-order valence-corrected chi connectivity index (χ2v) is 21.1. The first-order valence-electron chi connectivity index (χ1n) is 27.4. The molecule has 0 saturated carbocycles. The van der Waals surface area contributed by atoms with E-state index in [4.69, 9.17) is 0 Å². The first-order valence-corrected chi connectivity index (χ1v) is 27.4. The Kier molecular flexibility index (Phi) is 10.2. The zero-order chi connectivity index (χ0) is 52.0. The molecule has 1 aliphatic heterocycles. The van der Waals surface area contributed by atoms with E-state index in [0.717, 1.165) is 33.8 Å². The fourth-order valence-electron chi connectivity index (χ4n) is 13.6. The molecule has 1 atom stereocenters. The van der Waals surface area contributed by atoms with E-state index in [2.05, 4.69) is 313 Å². The summed E-state index contributed by atoms with van der Waals surface area (Å²) in [7, 11) is 0. The lowest BCUT2D eigenvalue weighted by molar-refractivity contribution is 0.749. The Morgan fingerprint density at radius 3 is 1.58 bits per heavy atom. The van der Waals surface area contributed by atoms with Gasteiger partial charge in [-0.1, -0.05) is 255 Å². The van der Waals surface area contributed by atoms with Crippen LogP contribution in [0.3, 0.4) is 0 Å². The highest BCUT2D eigenvalue weighted by Crippen LogP contribution is 2.61. The van der Waals surface area contributed by atoms with Gasteiger partial charge in [-0.3, -0.25) is 0 Å². The summed E-state index contributed by atoms with van der Waals surface area (Å²) in [5, 5.41) is 4.93. The molecule has 368 valence electrons. The van der Waals surface area contributed by atoms with Crippen molar-refractivity contribution < 1.29 is 0 Å². The number of hydrogen-bond donors (Lipinski definition) is 0. The molecule has 2 heterocycles. The lowest BCUT2D eigenvalue weighted by atomic mass is 9.65. The minimum Gasteiger partial charge on any atom is -0.309 e. The number of aromatic nitrogens is 1. The molecule has 0 N–H and O–H groups in total. The van der Waals surface area contributed by atoms with Crippen LogP contribution < -0.4 is 4.90 Å². The number of anilines is 3. The van der Waals surface area contributed by atoms with Gasteiger partial charge in [0.25, 0.3) is 0 Å². The molecule has 1 spiro atoms. The second-order valence-electron chi connectivity index (χ2n) is 21.1. The van der Waals surface area contributed by atoms with E-state index in [0.29, 0.717) is 0 Å². The Balaban J connectivity index is 0.854. The Morgan fingerprint density at radius 2 is 0.772 bits per heavy atom. The van der Waals surface area contributed by atoms with Crippen LogP contribution >= 0.6 is 0 Å². The normalized spacial score (nSPS) is 13.9. The number of fused-ring (bicyclic) bond motifs is 13. The van der Waals surface area contributed by atoms with Crippen LogP contribution in [0.25, 0.3) is 105 Å². The van der Waals surface area contributed by atoms with Crippen molar-refractivity contribution in [2.24, 2.45) is 0 Å². The zero-order valence-electron chi connectivity index (χ0n) is 43.3. The van der Waals surface area contributed by atoms with Crippen molar-refractivity contribution in [3.8, 4) is 72.4 Å². The SMILES string of the molecule is c1ccc(-c2ccc(-c3ccccc3N(c3ccc4cc(-c5ccc6c(c5)C5(c7ccccc7-6)c6ccccc6-n6c7ccccc7c7cccc5c76)ccc4c3)c3ccccc3-c3ccccc3-c3ccccc3)cc2)cc1. The largest absolute Gasteiger partial charge is 0.309 e. The molecule has 0 fully saturated rings. The first kappa shape index (κ1) is 45.0. The summed E-state index contributed by atoms with van der Waals surface area (Å²) < 4.78 is 2.52. The van der Waals surface area contributed by atoms with Gasteiger partial charge >= 0.3 is 0 Å². The van der Waals surface area contributed by atoms with Crippen LogP contribution in [0, 0.1) is 0 Å². The van der Waals surface area contributed by atoms with Crippen LogP contribution in [0.1, 0.15) is 22.3 Å². The van der Waals surface area contributed by atoms with Gasteiger partial charge < -0.3 is 9.47 Å². The molecular weight excluding hydrogens is 953 g/mol. The van der Waals surface area contributed by atoms with Crippen LogP contribution in [0.2, 0.25) is 0 Å². The van der Waals surface area contributed by atoms with Gasteiger partial charge in [0.1, 0.15) is 0 Å². The maximum absolute atomic E-state index is 2.52.